The molecule has 0 aliphatic carbocycles. The summed E-state index contributed by atoms with van der Waals surface area (Å²) >= 11 is 0. The van der Waals surface area contributed by atoms with Crippen molar-refractivity contribution in [1.82, 2.24) is 20.3 Å². The number of hydrogen-bond acceptors (Lipinski definition) is 8. The van der Waals surface area contributed by atoms with Crippen LogP contribution in [0.15, 0.2) is 28.9 Å². The summed E-state index contributed by atoms with van der Waals surface area (Å²) in [6.45, 7) is 6.19. The lowest BCUT2D eigenvalue weighted by molar-refractivity contribution is -0.123. The number of nitrogens with one attached hydrogen (secondary N) is 2. The van der Waals surface area contributed by atoms with E-state index in [2.05, 4.69) is 30.9 Å². The molecule has 1 aliphatic heterocycles. The molecule has 1 fully saturated rings. The second-order valence-electron chi connectivity index (χ2n) is 5.97. The highest BCUT2D eigenvalue weighted by Crippen LogP contribution is 2.13. The van der Waals surface area contributed by atoms with Crippen molar-refractivity contribution in [3.8, 4) is 0 Å². The van der Waals surface area contributed by atoms with Crippen LogP contribution in [0.4, 0.5) is 11.6 Å². The number of anilines is 2. The third-order valence-corrected chi connectivity index (χ3v) is 4.06. The summed E-state index contributed by atoms with van der Waals surface area (Å²) in [5.41, 5.74) is 0. The number of rotatable bonds is 6. The zero-order chi connectivity index (χ0) is 17.6. The number of morpholine rings is 1. The van der Waals surface area contributed by atoms with E-state index in [-0.39, 0.29) is 18.1 Å². The van der Waals surface area contributed by atoms with E-state index in [1.54, 1.807) is 19.2 Å². The normalized spacial score (nSPS) is 19.4. The predicted octanol–water partition coefficient (Wildman–Crippen LogP) is 0.913. The Morgan fingerprint density at radius 1 is 1.48 bits per heavy atom. The van der Waals surface area contributed by atoms with Gasteiger partial charge in [-0.1, -0.05) is 5.16 Å². The highest BCUT2D eigenvalue weighted by molar-refractivity contribution is 5.93. The van der Waals surface area contributed by atoms with Crippen molar-refractivity contribution >= 4 is 17.5 Å². The topological polar surface area (TPSA) is 105 Å². The summed E-state index contributed by atoms with van der Waals surface area (Å²) in [5, 5.41) is 17.6. The average molecular weight is 346 g/mol. The molecule has 2 atom stereocenters. The molecule has 0 radical (unpaired) electrons. The maximum atomic E-state index is 12.4. The fourth-order valence-corrected chi connectivity index (χ4v) is 2.65. The molecule has 0 bridgehead atoms. The fraction of sp³-hybridized carbons (Fsp3) is 0.500. The minimum Gasteiger partial charge on any atom is -0.374 e. The van der Waals surface area contributed by atoms with Crippen LogP contribution in [0.25, 0.3) is 0 Å². The molecule has 0 unspecified atom stereocenters. The van der Waals surface area contributed by atoms with Crippen molar-refractivity contribution in [2.24, 2.45) is 0 Å². The summed E-state index contributed by atoms with van der Waals surface area (Å²) in [6.07, 6.45) is 1.60. The largest absolute Gasteiger partial charge is 0.374 e. The van der Waals surface area contributed by atoms with Crippen molar-refractivity contribution in [2.45, 2.75) is 26.0 Å². The number of aryl methyl sites for hydroxylation is 1. The Balaban J connectivity index is 1.50. The first kappa shape index (κ1) is 17.3. The Hall–Kier alpha value is -2.52. The van der Waals surface area contributed by atoms with Gasteiger partial charge in [0, 0.05) is 31.9 Å². The molecule has 9 nitrogen and oxygen atoms in total. The molecule has 9 heteroatoms. The van der Waals surface area contributed by atoms with E-state index < -0.39 is 0 Å². The van der Waals surface area contributed by atoms with Crippen molar-refractivity contribution in [3.05, 3.63) is 30.2 Å². The molecule has 3 heterocycles. The van der Waals surface area contributed by atoms with Gasteiger partial charge in [-0.05, 0) is 26.0 Å². The fourth-order valence-electron chi connectivity index (χ4n) is 2.65. The average Bonchev–Trinajstić information content (AvgIpc) is 3.05. The van der Waals surface area contributed by atoms with E-state index in [1.165, 1.54) is 0 Å². The van der Waals surface area contributed by atoms with Crippen LogP contribution in [0.5, 0.6) is 0 Å². The van der Waals surface area contributed by atoms with Gasteiger partial charge in [-0.25, -0.2) is 0 Å². The molecule has 1 amide bonds. The molecule has 1 aliphatic rings. The zero-order valence-electron chi connectivity index (χ0n) is 14.3. The van der Waals surface area contributed by atoms with Gasteiger partial charge < -0.3 is 19.9 Å². The lowest BCUT2D eigenvalue weighted by Gasteiger charge is -2.36. The summed E-state index contributed by atoms with van der Waals surface area (Å²) < 4.78 is 10.7. The molecule has 25 heavy (non-hydrogen) atoms. The highest BCUT2D eigenvalue weighted by Gasteiger charge is 2.28. The lowest BCUT2D eigenvalue weighted by Crippen LogP contribution is -2.52. The summed E-state index contributed by atoms with van der Waals surface area (Å²) in [4.78, 5) is 14.5. The van der Waals surface area contributed by atoms with Crippen molar-refractivity contribution in [3.63, 3.8) is 0 Å². The number of carbonyl (C=O) groups excluding carboxylic acids is 1. The van der Waals surface area contributed by atoms with Crippen LogP contribution in [-0.4, -0.2) is 64.5 Å². The monoisotopic (exact) mass is 346 g/mol. The van der Waals surface area contributed by atoms with Gasteiger partial charge in [0.15, 0.2) is 5.82 Å². The standard InChI is InChI=1S/C16H22N6O3/c1-11-8-15(21-25-11)19-16(23)12(2)22-6-7-24-13(10-22)9-17-14-4-3-5-18-20-14/h3-5,8,12-13H,6-7,9-10H2,1-2H3,(H,17,20)(H,19,21,23)/t12-,13-/m0/s1. The highest BCUT2D eigenvalue weighted by atomic mass is 16.5. The first-order valence-corrected chi connectivity index (χ1v) is 8.23. The van der Waals surface area contributed by atoms with E-state index in [0.29, 0.717) is 43.6 Å². The van der Waals surface area contributed by atoms with Crippen LogP contribution in [0, 0.1) is 6.92 Å². The molecular formula is C16H22N6O3. The van der Waals surface area contributed by atoms with Crippen molar-refractivity contribution in [1.29, 1.82) is 0 Å². The van der Waals surface area contributed by atoms with Crippen LogP contribution < -0.4 is 10.6 Å². The van der Waals surface area contributed by atoms with E-state index >= 15 is 0 Å². The van der Waals surface area contributed by atoms with Gasteiger partial charge in [0.1, 0.15) is 11.6 Å². The second kappa shape index (κ2) is 8.04. The maximum Gasteiger partial charge on any atom is 0.242 e. The first-order valence-electron chi connectivity index (χ1n) is 8.23. The smallest absolute Gasteiger partial charge is 0.242 e. The minimum absolute atomic E-state index is 0.0275. The number of ether oxygens (including phenoxy) is 1. The van der Waals surface area contributed by atoms with Crippen LogP contribution >= 0.6 is 0 Å². The van der Waals surface area contributed by atoms with Crippen LogP contribution in [0.3, 0.4) is 0 Å². The number of hydrogen-bond donors (Lipinski definition) is 2. The van der Waals surface area contributed by atoms with Gasteiger partial charge in [0.05, 0.1) is 18.8 Å². The number of aromatic nitrogens is 3. The molecule has 134 valence electrons. The summed E-state index contributed by atoms with van der Waals surface area (Å²) in [7, 11) is 0. The summed E-state index contributed by atoms with van der Waals surface area (Å²) in [6, 6.07) is 5.07. The zero-order valence-corrected chi connectivity index (χ0v) is 14.3. The molecule has 2 aromatic rings. The quantitative estimate of drug-likeness (QED) is 0.795. The Labute approximate surface area is 145 Å². The van der Waals surface area contributed by atoms with Gasteiger partial charge >= 0.3 is 0 Å². The third-order valence-electron chi connectivity index (χ3n) is 4.06. The second-order valence-corrected chi connectivity index (χ2v) is 5.97. The Bertz CT molecular complexity index is 692. The van der Waals surface area contributed by atoms with Crippen molar-refractivity contribution in [2.75, 3.05) is 36.9 Å². The Morgan fingerprint density at radius 3 is 3.08 bits per heavy atom. The van der Waals surface area contributed by atoms with Crippen LogP contribution in [-0.2, 0) is 9.53 Å². The maximum absolute atomic E-state index is 12.4. The lowest BCUT2D eigenvalue weighted by atomic mass is 10.2. The minimum atomic E-state index is -0.292. The van der Waals surface area contributed by atoms with Crippen LogP contribution in [0.2, 0.25) is 0 Å². The molecule has 3 rings (SSSR count). The van der Waals surface area contributed by atoms with Gasteiger partial charge in [0.25, 0.3) is 0 Å². The van der Waals surface area contributed by atoms with Gasteiger partial charge in [-0.2, -0.15) is 5.10 Å². The predicted molar refractivity (Wildman–Crippen MR) is 91.2 cm³/mol. The molecular weight excluding hydrogens is 324 g/mol. The Kier molecular flexibility index (Phi) is 5.56. The van der Waals surface area contributed by atoms with E-state index in [1.807, 2.05) is 19.1 Å². The molecule has 1 saturated heterocycles. The molecule has 0 saturated carbocycles. The number of nitrogens with zero attached hydrogens (tertiary/aromatic N) is 4. The molecule has 2 aromatic heterocycles. The summed E-state index contributed by atoms with van der Waals surface area (Å²) in [5.74, 6) is 1.68. The molecule has 2 N–H and O–H groups in total. The Morgan fingerprint density at radius 2 is 2.36 bits per heavy atom. The molecule has 0 spiro atoms. The number of amides is 1. The molecule has 0 aromatic carbocycles. The third kappa shape index (κ3) is 4.74. The van der Waals surface area contributed by atoms with Gasteiger partial charge in [0.2, 0.25) is 5.91 Å². The van der Waals surface area contributed by atoms with Crippen molar-refractivity contribution < 1.29 is 14.1 Å². The van der Waals surface area contributed by atoms with E-state index in [0.717, 1.165) is 0 Å². The number of carbonyl (C=O) groups is 1. The van der Waals surface area contributed by atoms with E-state index in [9.17, 15) is 4.79 Å². The van der Waals surface area contributed by atoms with Gasteiger partial charge in [-0.15, -0.1) is 5.10 Å². The SMILES string of the molecule is Cc1cc(NC(=O)[C@H](C)N2CCO[C@@H](CNc3cccnn3)C2)no1. The van der Waals surface area contributed by atoms with E-state index in [4.69, 9.17) is 9.26 Å². The van der Waals surface area contributed by atoms with Crippen LogP contribution in [0.1, 0.15) is 12.7 Å². The first-order chi connectivity index (χ1) is 12.1. The van der Waals surface area contributed by atoms with Gasteiger partial charge in [-0.3, -0.25) is 9.69 Å².